The van der Waals surface area contributed by atoms with Crippen LogP contribution in [0.3, 0.4) is 0 Å². The second-order valence-electron chi connectivity index (χ2n) is 10.7. The van der Waals surface area contributed by atoms with Gasteiger partial charge in [-0.2, -0.15) is 0 Å². The van der Waals surface area contributed by atoms with Crippen LogP contribution >= 0.6 is 0 Å². The van der Waals surface area contributed by atoms with Crippen LogP contribution in [0.15, 0.2) is 5.16 Å². The zero-order valence-electron chi connectivity index (χ0n) is 17.5. The molecule has 2 N–H and O–H groups in total. The highest BCUT2D eigenvalue weighted by Crippen LogP contribution is 2.65. The van der Waals surface area contributed by atoms with E-state index in [-0.39, 0.29) is 22.9 Å². The lowest BCUT2D eigenvalue weighted by molar-refractivity contribution is -0.141. The van der Waals surface area contributed by atoms with Gasteiger partial charge in [0.25, 0.3) is 0 Å². The van der Waals surface area contributed by atoms with Gasteiger partial charge >= 0.3 is 0 Å². The fourth-order valence-corrected chi connectivity index (χ4v) is 7.88. The molecule has 0 aromatic heterocycles. The van der Waals surface area contributed by atoms with Crippen LogP contribution in [0.2, 0.25) is 0 Å². The molecule has 1 saturated heterocycles. The molecule has 5 aliphatic rings. The van der Waals surface area contributed by atoms with Gasteiger partial charge in [0.2, 0.25) is 0 Å². The average Bonchev–Trinajstić information content (AvgIpc) is 3.29. The first-order chi connectivity index (χ1) is 13.4. The van der Waals surface area contributed by atoms with Crippen LogP contribution in [0.5, 0.6) is 0 Å². The van der Waals surface area contributed by atoms with Crippen molar-refractivity contribution in [2.45, 2.75) is 83.8 Å². The predicted molar refractivity (Wildman–Crippen MR) is 108 cm³/mol. The molecular formula is C23H36N2O3. The maximum atomic E-state index is 12.6. The molecular weight excluding hydrogens is 352 g/mol. The lowest BCUT2D eigenvalue weighted by Crippen LogP contribution is -2.57. The molecule has 28 heavy (non-hydrogen) atoms. The van der Waals surface area contributed by atoms with Gasteiger partial charge in [0.1, 0.15) is 11.9 Å². The molecule has 5 nitrogen and oxygen atoms in total. The molecule has 5 rings (SSSR count). The monoisotopic (exact) mass is 388 g/mol. The van der Waals surface area contributed by atoms with Gasteiger partial charge in [0.15, 0.2) is 0 Å². The van der Waals surface area contributed by atoms with Crippen molar-refractivity contribution in [1.29, 1.82) is 0 Å². The van der Waals surface area contributed by atoms with Crippen LogP contribution < -0.4 is 5.32 Å². The predicted octanol–water partition coefficient (Wildman–Crippen LogP) is 3.30. The molecule has 0 radical (unpaired) electrons. The Bertz CT molecular complexity index is 673. The first-order valence-electron chi connectivity index (χ1n) is 11.6. The van der Waals surface area contributed by atoms with Gasteiger partial charge in [-0.15, -0.1) is 0 Å². The van der Waals surface area contributed by atoms with Crippen LogP contribution in [0.25, 0.3) is 0 Å². The third-order valence-corrected chi connectivity index (χ3v) is 9.63. The number of aliphatic hydroxyl groups excluding tert-OH is 1. The lowest BCUT2D eigenvalue weighted by atomic mass is 9.45. The molecule has 156 valence electrons. The van der Waals surface area contributed by atoms with Crippen LogP contribution in [0.4, 0.5) is 0 Å². The topological polar surface area (TPSA) is 70.9 Å². The number of nitrogens with one attached hydrogen (secondary N) is 1. The summed E-state index contributed by atoms with van der Waals surface area (Å²) in [6, 6.07) is 0. The molecule has 5 heteroatoms. The summed E-state index contributed by atoms with van der Waals surface area (Å²) >= 11 is 0. The minimum Gasteiger partial charge on any atom is -0.391 e. The third kappa shape index (κ3) is 2.72. The van der Waals surface area contributed by atoms with E-state index in [9.17, 15) is 9.90 Å². The van der Waals surface area contributed by atoms with E-state index in [1.165, 1.54) is 0 Å². The molecule has 0 spiro atoms. The summed E-state index contributed by atoms with van der Waals surface area (Å²) in [5.74, 6) is 2.68. The number of hydrogen-bond acceptors (Lipinski definition) is 5. The number of aliphatic hydroxyl groups is 1. The normalized spacial score (nSPS) is 52.2. The van der Waals surface area contributed by atoms with Crippen LogP contribution in [-0.4, -0.2) is 41.9 Å². The van der Waals surface area contributed by atoms with Gasteiger partial charge in [-0.05, 0) is 80.6 Å². The van der Waals surface area contributed by atoms with Crippen molar-refractivity contribution in [3.8, 4) is 0 Å². The Kier molecular flexibility index (Phi) is 4.63. The van der Waals surface area contributed by atoms with Gasteiger partial charge in [-0.3, -0.25) is 4.79 Å². The number of hydrogen-bond donors (Lipinski definition) is 2. The van der Waals surface area contributed by atoms with Crippen molar-refractivity contribution < 1.29 is 14.7 Å². The van der Waals surface area contributed by atoms with Gasteiger partial charge in [-0.25, -0.2) is 0 Å². The average molecular weight is 389 g/mol. The van der Waals surface area contributed by atoms with E-state index in [0.717, 1.165) is 76.6 Å². The van der Waals surface area contributed by atoms with Gasteiger partial charge in [-0.1, -0.05) is 19.0 Å². The van der Waals surface area contributed by atoms with E-state index in [4.69, 9.17) is 4.84 Å². The summed E-state index contributed by atoms with van der Waals surface area (Å²) in [7, 11) is 0. The molecule has 2 unspecified atom stereocenters. The molecule has 4 saturated carbocycles. The molecule has 0 bridgehead atoms. The van der Waals surface area contributed by atoms with Crippen LogP contribution in [-0.2, 0) is 9.63 Å². The standard InChI is InChI=1S/C23H36N2O3/c1-22-11-8-19(25-28-14-9-12-24-13-14)21(27)18(22)4-3-15-16-5-6-20(26)23(16,2)10-7-17(15)22/h14-18,21,24,27H,3-13H2,1-2H3/b25-19+/t14-,15+,16+,17-,18?,21?,22-,23+/m1/s1. The van der Waals surface area contributed by atoms with Crippen LogP contribution in [0, 0.1) is 34.5 Å². The zero-order chi connectivity index (χ0) is 19.5. The summed E-state index contributed by atoms with van der Waals surface area (Å²) in [5, 5.41) is 18.9. The van der Waals surface area contributed by atoms with Crippen molar-refractivity contribution in [2.24, 2.45) is 39.7 Å². The van der Waals surface area contributed by atoms with Crippen LogP contribution in [0.1, 0.15) is 71.6 Å². The molecule has 8 atom stereocenters. The largest absolute Gasteiger partial charge is 0.391 e. The van der Waals surface area contributed by atoms with Crippen molar-refractivity contribution in [1.82, 2.24) is 5.32 Å². The zero-order valence-corrected chi connectivity index (χ0v) is 17.5. The number of Topliss-reactive ketones (excluding diaryl/α,β-unsaturated/α-hetero) is 1. The number of carbonyl (C=O) groups is 1. The second kappa shape index (κ2) is 6.80. The smallest absolute Gasteiger partial charge is 0.141 e. The maximum Gasteiger partial charge on any atom is 0.141 e. The SMILES string of the molecule is C[C@]12CC/C(=N\O[C@@H]3CCNC3)C(O)C1CC[C@@H]1[C@H]2CC[C@]2(C)C(=O)CC[C@@H]12. The molecule has 4 aliphatic carbocycles. The number of oxime groups is 1. The molecule has 0 aromatic rings. The summed E-state index contributed by atoms with van der Waals surface area (Å²) < 4.78 is 0. The van der Waals surface area contributed by atoms with E-state index in [1.807, 2.05) is 0 Å². The van der Waals surface area contributed by atoms with Gasteiger partial charge in [0, 0.05) is 24.8 Å². The highest BCUT2D eigenvalue weighted by Gasteiger charge is 2.61. The Morgan fingerprint density at radius 3 is 2.68 bits per heavy atom. The number of fused-ring (bicyclic) bond motifs is 5. The highest BCUT2D eigenvalue weighted by atomic mass is 16.6. The fourth-order valence-electron chi connectivity index (χ4n) is 7.88. The molecule has 0 amide bonds. The quantitative estimate of drug-likeness (QED) is 0.712. The summed E-state index contributed by atoms with van der Waals surface area (Å²) in [5.41, 5.74) is 0.973. The Hall–Kier alpha value is -0.940. The summed E-state index contributed by atoms with van der Waals surface area (Å²) in [6.07, 6.45) is 8.93. The van der Waals surface area contributed by atoms with Crippen molar-refractivity contribution in [2.75, 3.05) is 13.1 Å². The first kappa shape index (κ1) is 19.0. The van der Waals surface area contributed by atoms with E-state index < -0.39 is 6.10 Å². The molecule has 5 fully saturated rings. The van der Waals surface area contributed by atoms with Crippen molar-refractivity contribution in [3.63, 3.8) is 0 Å². The maximum absolute atomic E-state index is 12.6. The molecule has 1 aliphatic heterocycles. The number of ketones is 1. The van der Waals surface area contributed by atoms with E-state index in [1.54, 1.807) is 0 Å². The molecule has 1 heterocycles. The number of carbonyl (C=O) groups excluding carboxylic acids is 1. The summed E-state index contributed by atoms with van der Waals surface area (Å²) in [4.78, 5) is 18.3. The molecule has 0 aromatic carbocycles. The Balaban J connectivity index is 1.34. The number of nitrogens with zero attached hydrogens (tertiary/aromatic N) is 1. The lowest BCUT2D eigenvalue weighted by Gasteiger charge is -2.60. The minimum atomic E-state index is -0.465. The fraction of sp³-hybridized carbons (Fsp3) is 0.913. The Morgan fingerprint density at radius 1 is 1.04 bits per heavy atom. The minimum absolute atomic E-state index is 0.0621. The first-order valence-corrected chi connectivity index (χ1v) is 11.6. The van der Waals surface area contributed by atoms with E-state index in [0.29, 0.717) is 23.5 Å². The summed E-state index contributed by atoms with van der Waals surface area (Å²) in [6.45, 7) is 6.52. The van der Waals surface area contributed by atoms with Gasteiger partial charge in [0.05, 0.1) is 11.8 Å². The third-order valence-electron chi connectivity index (χ3n) is 9.63. The van der Waals surface area contributed by atoms with Crippen molar-refractivity contribution >= 4 is 11.5 Å². The highest BCUT2D eigenvalue weighted by molar-refractivity contribution is 5.89. The second-order valence-corrected chi connectivity index (χ2v) is 10.7. The van der Waals surface area contributed by atoms with E-state index >= 15 is 0 Å². The van der Waals surface area contributed by atoms with Gasteiger partial charge < -0.3 is 15.3 Å². The number of rotatable bonds is 2. The Morgan fingerprint density at radius 2 is 1.89 bits per heavy atom. The Labute approximate surface area is 168 Å². The van der Waals surface area contributed by atoms with E-state index in [2.05, 4.69) is 24.3 Å². The van der Waals surface area contributed by atoms with Crippen molar-refractivity contribution in [3.05, 3.63) is 0 Å².